The lowest BCUT2D eigenvalue weighted by molar-refractivity contribution is 0.0601. The van der Waals surface area contributed by atoms with E-state index in [1.54, 1.807) is 31.6 Å². The number of imidazole rings is 1. The van der Waals surface area contributed by atoms with Crippen LogP contribution in [0, 0.1) is 0 Å². The molecule has 0 amide bonds. The summed E-state index contributed by atoms with van der Waals surface area (Å²) in [5.74, 6) is 1.87. The maximum Gasteiger partial charge on any atom is 0.337 e. The zero-order valence-corrected chi connectivity index (χ0v) is 16.1. The van der Waals surface area contributed by atoms with Gasteiger partial charge in [-0.25, -0.2) is 14.8 Å². The van der Waals surface area contributed by atoms with Crippen LogP contribution in [-0.2, 0) is 11.3 Å². The van der Waals surface area contributed by atoms with Crippen LogP contribution in [-0.4, -0.2) is 34.6 Å². The predicted octanol–water partition coefficient (Wildman–Crippen LogP) is 3.80. The van der Waals surface area contributed by atoms with Gasteiger partial charge in [-0.05, 0) is 35.9 Å². The lowest BCUT2D eigenvalue weighted by Gasteiger charge is -2.11. The highest BCUT2D eigenvalue weighted by Crippen LogP contribution is 2.24. The number of benzene rings is 2. The van der Waals surface area contributed by atoms with Crippen molar-refractivity contribution in [2.75, 3.05) is 19.5 Å². The fourth-order valence-electron chi connectivity index (χ4n) is 3.07. The Morgan fingerprint density at radius 3 is 2.45 bits per heavy atom. The van der Waals surface area contributed by atoms with E-state index < -0.39 is 0 Å². The number of carbonyl (C=O) groups is 1. The molecule has 29 heavy (non-hydrogen) atoms. The quantitative estimate of drug-likeness (QED) is 0.506. The molecule has 2 aromatic heterocycles. The van der Waals surface area contributed by atoms with E-state index in [1.165, 1.54) is 7.11 Å². The molecule has 2 heterocycles. The number of carbonyl (C=O) groups excluding carboxylic acids is 1. The van der Waals surface area contributed by atoms with Gasteiger partial charge in [0.1, 0.15) is 11.6 Å². The van der Waals surface area contributed by atoms with Gasteiger partial charge in [0.15, 0.2) is 0 Å². The lowest BCUT2D eigenvalue weighted by atomic mass is 10.1. The minimum atomic E-state index is -0.368. The monoisotopic (exact) mass is 388 g/mol. The largest absolute Gasteiger partial charge is 0.497 e. The molecule has 0 saturated carbocycles. The minimum absolute atomic E-state index is 0.368. The van der Waals surface area contributed by atoms with Crippen LogP contribution in [0.15, 0.2) is 67.0 Å². The second-order valence-electron chi connectivity index (χ2n) is 6.38. The summed E-state index contributed by atoms with van der Waals surface area (Å²) in [7, 11) is 3.01. The number of methoxy groups -OCH3 is 2. The van der Waals surface area contributed by atoms with E-state index in [9.17, 15) is 4.79 Å². The molecule has 0 spiro atoms. The molecule has 0 bridgehead atoms. The Kier molecular flexibility index (Phi) is 5.11. The van der Waals surface area contributed by atoms with E-state index in [2.05, 4.69) is 15.3 Å². The maximum absolute atomic E-state index is 11.7. The van der Waals surface area contributed by atoms with Gasteiger partial charge in [-0.3, -0.25) is 4.40 Å². The highest BCUT2D eigenvalue weighted by atomic mass is 16.5. The first kappa shape index (κ1) is 18.5. The number of anilines is 1. The van der Waals surface area contributed by atoms with E-state index in [4.69, 9.17) is 9.47 Å². The molecule has 0 aliphatic rings. The van der Waals surface area contributed by atoms with Gasteiger partial charge in [-0.2, -0.15) is 0 Å². The highest BCUT2D eigenvalue weighted by Gasteiger charge is 2.12. The minimum Gasteiger partial charge on any atom is -0.497 e. The third-order valence-corrected chi connectivity index (χ3v) is 4.62. The predicted molar refractivity (Wildman–Crippen MR) is 110 cm³/mol. The van der Waals surface area contributed by atoms with Crippen molar-refractivity contribution in [1.29, 1.82) is 0 Å². The summed E-state index contributed by atoms with van der Waals surface area (Å²) >= 11 is 0. The first-order chi connectivity index (χ1) is 14.2. The van der Waals surface area contributed by atoms with Crippen LogP contribution in [0.3, 0.4) is 0 Å². The SMILES string of the molecule is COC(=O)c1ccc(-c2ncc3ccnc(NCc4ccc(OC)cc4)n23)cc1. The van der Waals surface area contributed by atoms with E-state index in [0.29, 0.717) is 18.1 Å². The molecule has 4 aromatic rings. The number of hydrogen-bond acceptors (Lipinski definition) is 6. The summed E-state index contributed by atoms with van der Waals surface area (Å²) < 4.78 is 11.9. The number of nitrogens with one attached hydrogen (secondary N) is 1. The average molecular weight is 388 g/mol. The number of ether oxygens (including phenoxy) is 2. The van der Waals surface area contributed by atoms with Gasteiger partial charge in [0, 0.05) is 18.3 Å². The molecule has 0 atom stereocenters. The summed E-state index contributed by atoms with van der Waals surface area (Å²) in [5.41, 5.74) is 3.39. The first-order valence-corrected chi connectivity index (χ1v) is 9.07. The van der Waals surface area contributed by atoms with Crippen LogP contribution < -0.4 is 10.1 Å². The number of hydrogen-bond donors (Lipinski definition) is 1. The number of aromatic nitrogens is 3. The molecular formula is C22H20N4O3. The topological polar surface area (TPSA) is 77.8 Å². The molecule has 0 aliphatic heterocycles. The van der Waals surface area contributed by atoms with Crippen LogP contribution in [0.25, 0.3) is 16.9 Å². The molecule has 0 fully saturated rings. The molecule has 0 saturated heterocycles. The van der Waals surface area contributed by atoms with Gasteiger partial charge in [-0.1, -0.05) is 24.3 Å². The number of rotatable bonds is 6. The smallest absolute Gasteiger partial charge is 0.337 e. The average Bonchev–Trinajstić information content (AvgIpc) is 3.22. The van der Waals surface area contributed by atoms with E-state index in [-0.39, 0.29) is 5.97 Å². The molecule has 1 N–H and O–H groups in total. The van der Waals surface area contributed by atoms with Gasteiger partial charge in [0.25, 0.3) is 0 Å². The van der Waals surface area contributed by atoms with Crippen molar-refractivity contribution in [3.05, 3.63) is 78.1 Å². The summed E-state index contributed by atoms with van der Waals surface area (Å²) in [6.07, 6.45) is 3.54. The molecule has 146 valence electrons. The molecular weight excluding hydrogens is 368 g/mol. The van der Waals surface area contributed by atoms with Gasteiger partial charge in [-0.15, -0.1) is 0 Å². The first-order valence-electron chi connectivity index (χ1n) is 9.07. The van der Waals surface area contributed by atoms with Crippen LogP contribution in [0.2, 0.25) is 0 Å². The van der Waals surface area contributed by atoms with Crippen molar-refractivity contribution >= 4 is 17.4 Å². The van der Waals surface area contributed by atoms with E-state index >= 15 is 0 Å². The number of fused-ring (bicyclic) bond motifs is 1. The van der Waals surface area contributed by atoms with Crippen LogP contribution in [0.5, 0.6) is 5.75 Å². The normalized spacial score (nSPS) is 10.7. The molecule has 2 aromatic carbocycles. The summed E-state index contributed by atoms with van der Waals surface area (Å²) in [6, 6.07) is 16.9. The number of nitrogens with zero attached hydrogens (tertiary/aromatic N) is 3. The van der Waals surface area contributed by atoms with Crippen molar-refractivity contribution in [3.8, 4) is 17.1 Å². The second-order valence-corrected chi connectivity index (χ2v) is 6.38. The van der Waals surface area contributed by atoms with Gasteiger partial charge >= 0.3 is 5.97 Å². The van der Waals surface area contributed by atoms with Gasteiger partial charge in [0.2, 0.25) is 5.95 Å². The van der Waals surface area contributed by atoms with Crippen molar-refractivity contribution in [3.63, 3.8) is 0 Å². The van der Waals surface area contributed by atoms with Crippen LogP contribution >= 0.6 is 0 Å². The number of esters is 1. The highest BCUT2D eigenvalue weighted by molar-refractivity contribution is 5.89. The zero-order chi connectivity index (χ0) is 20.2. The summed E-state index contributed by atoms with van der Waals surface area (Å²) in [6.45, 7) is 0.606. The van der Waals surface area contributed by atoms with Crippen LogP contribution in [0.4, 0.5) is 5.95 Å². The molecule has 0 aliphatic carbocycles. The molecule has 0 radical (unpaired) electrons. The van der Waals surface area contributed by atoms with E-state index in [1.807, 2.05) is 46.9 Å². The molecule has 4 rings (SSSR count). The Balaban J connectivity index is 1.63. The van der Waals surface area contributed by atoms with E-state index in [0.717, 1.165) is 28.2 Å². The molecule has 0 unspecified atom stereocenters. The maximum atomic E-state index is 11.7. The van der Waals surface area contributed by atoms with Gasteiger partial charge in [0.05, 0.1) is 31.5 Å². The molecule has 7 heteroatoms. The Bertz CT molecular complexity index is 1140. The summed E-state index contributed by atoms with van der Waals surface area (Å²) in [4.78, 5) is 20.7. The third kappa shape index (κ3) is 3.75. The Morgan fingerprint density at radius 1 is 1.00 bits per heavy atom. The zero-order valence-electron chi connectivity index (χ0n) is 16.1. The van der Waals surface area contributed by atoms with Crippen molar-refractivity contribution in [2.24, 2.45) is 0 Å². The molecule has 7 nitrogen and oxygen atoms in total. The Labute approximate surface area is 168 Å². The lowest BCUT2D eigenvalue weighted by Crippen LogP contribution is -2.07. The van der Waals surface area contributed by atoms with Crippen molar-refractivity contribution in [1.82, 2.24) is 14.4 Å². The third-order valence-electron chi connectivity index (χ3n) is 4.62. The fourth-order valence-corrected chi connectivity index (χ4v) is 3.07. The van der Waals surface area contributed by atoms with Crippen molar-refractivity contribution < 1.29 is 14.3 Å². The van der Waals surface area contributed by atoms with Gasteiger partial charge < -0.3 is 14.8 Å². The fraction of sp³-hybridized carbons (Fsp3) is 0.136. The summed E-state index contributed by atoms with van der Waals surface area (Å²) in [5, 5.41) is 3.37. The standard InChI is InChI=1S/C22H20N4O3/c1-28-19-9-3-15(4-10-19)13-25-22-23-12-11-18-14-24-20(26(18)22)16-5-7-17(8-6-16)21(27)29-2/h3-12,14H,13H2,1-2H3,(H,23,25). The Hall–Kier alpha value is -3.87. The Morgan fingerprint density at radius 2 is 1.76 bits per heavy atom. The second kappa shape index (κ2) is 8.02. The van der Waals surface area contributed by atoms with Crippen LogP contribution in [0.1, 0.15) is 15.9 Å². The van der Waals surface area contributed by atoms with Crippen molar-refractivity contribution in [2.45, 2.75) is 6.54 Å².